The fourth-order valence-corrected chi connectivity index (χ4v) is 2.59. The Balaban J connectivity index is 1.47. The van der Waals surface area contributed by atoms with Gasteiger partial charge in [0.25, 0.3) is 0 Å². The third-order valence-corrected chi connectivity index (χ3v) is 3.93. The zero-order valence-corrected chi connectivity index (χ0v) is 12.8. The minimum Gasteiger partial charge on any atom is -0.488 e. The van der Waals surface area contributed by atoms with Crippen LogP contribution in [0.2, 0.25) is 0 Å². The Hall–Kier alpha value is -1.95. The Labute approximate surface area is 134 Å². The van der Waals surface area contributed by atoms with E-state index in [0.717, 1.165) is 36.5 Å². The molecule has 1 aliphatic heterocycles. The molecule has 0 saturated carbocycles. The van der Waals surface area contributed by atoms with Crippen LogP contribution in [0, 0.1) is 0 Å². The fraction of sp³-hybridized carbons (Fsp3) is 0.294. The number of benzene rings is 2. The molecule has 0 amide bonds. The third-order valence-electron chi connectivity index (χ3n) is 3.93. The van der Waals surface area contributed by atoms with Crippen LogP contribution in [0.3, 0.4) is 0 Å². The summed E-state index contributed by atoms with van der Waals surface area (Å²) in [5, 5.41) is 0. The number of alkyl halides is 3. The topological polar surface area (TPSA) is 12.5 Å². The van der Waals surface area contributed by atoms with Crippen molar-refractivity contribution in [3.63, 3.8) is 0 Å². The van der Waals surface area contributed by atoms with E-state index in [9.17, 15) is 13.2 Å². The molecule has 2 aromatic carbocycles. The second kappa shape index (κ2) is 6.28. The summed E-state index contributed by atoms with van der Waals surface area (Å²) in [6, 6.07) is 13.3. The van der Waals surface area contributed by atoms with Crippen molar-refractivity contribution in [3.05, 3.63) is 59.7 Å². The summed E-state index contributed by atoms with van der Waals surface area (Å²) in [5.41, 5.74) is 1.46. The third kappa shape index (κ3) is 4.07. The van der Waals surface area contributed by atoms with E-state index < -0.39 is 11.7 Å². The lowest BCUT2D eigenvalue weighted by atomic mass is 9.97. The van der Waals surface area contributed by atoms with Gasteiger partial charge in [0.2, 0.25) is 0 Å². The molecule has 1 heterocycles. The first kappa shape index (κ1) is 15.9. The molecule has 0 N–H and O–H groups in total. The van der Waals surface area contributed by atoms with Crippen LogP contribution < -0.4 is 10.2 Å². The van der Waals surface area contributed by atoms with E-state index in [0.29, 0.717) is 6.54 Å². The molecule has 2 aromatic rings. The second-order valence-corrected chi connectivity index (χ2v) is 5.94. The molecule has 6 heteroatoms. The highest BCUT2D eigenvalue weighted by molar-refractivity contribution is 6.32. The van der Waals surface area contributed by atoms with Crippen molar-refractivity contribution < 1.29 is 17.9 Å². The van der Waals surface area contributed by atoms with E-state index in [1.807, 2.05) is 32.1 Å². The van der Waals surface area contributed by atoms with Crippen LogP contribution in [0.15, 0.2) is 48.5 Å². The van der Waals surface area contributed by atoms with E-state index in [4.69, 9.17) is 4.74 Å². The minimum atomic E-state index is -4.28. The second-order valence-electron chi connectivity index (χ2n) is 5.94. The number of ether oxygens (including phenoxy) is 1. The molecular formula is C17H17BF3NO. The fourth-order valence-electron chi connectivity index (χ4n) is 2.59. The van der Waals surface area contributed by atoms with Gasteiger partial charge in [-0.1, -0.05) is 29.7 Å². The van der Waals surface area contributed by atoms with Crippen molar-refractivity contribution in [2.75, 3.05) is 13.1 Å². The van der Waals surface area contributed by atoms with Crippen LogP contribution in [0.25, 0.3) is 0 Å². The molecule has 0 radical (unpaired) electrons. The van der Waals surface area contributed by atoms with Crippen molar-refractivity contribution in [1.82, 2.24) is 4.90 Å². The van der Waals surface area contributed by atoms with Crippen LogP contribution in [-0.2, 0) is 12.7 Å². The quantitative estimate of drug-likeness (QED) is 0.802. The monoisotopic (exact) mass is 319 g/mol. The van der Waals surface area contributed by atoms with Gasteiger partial charge in [0, 0.05) is 19.6 Å². The number of hydrogen-bond acceptors (Lipinski definition) is 2. The standard InChI is InChI=1S/C17H17BF3NO/c18-14-5-7-15(8-6-14)23-16-10-22(11-16)9-12-1-3-13(4-2-12)17(19,20)21/h1-8,16H,9-11,18H2. The lowest BCUT2D eigenvalue weighted by Gasteiger charge is -2.39. The van der Waals surface area contributed by atoms with E-state index in [1.54, 1.807) is 0 Å². The van der Waals surface area contributed by atoms with E-state index >= 15 is 0 Å². The van der Waals surface area contributed by atoms with Gasteiger partial charge >= 0.3 is 6.18 Å². The van der Waals surface area contributed by atoms with E-state index in [1.165, 1.54) is 17.6 Å². The Bertz CT molecular complexity index is 649. The molecule has 0 atom stereocenters. The van der Waals surface area contributed by atoms with Gasteiger partial charge in [-0.25, -0.2) is 0 Å². The molecule has 0 bridgehead atoms. The molecule has 0 unspecified atom stereocenters. The summed E-state index contributed by atoms with van der Waals surface area (Å²) in [7, 11) is 2.03. The van der Waals surface area contributed by atoms with Gasteiger partial charge in [-0.2, -0.15) is 13.2 Å². The van der Waals surface area contributed by atoms with Crippen LogP contribution in [-0.4, -0.2) is 31.9 Å². The highest BCUT2D eigenvalue weighted by Gasteiger charge is 2.31. The highest BCUT2D eigenvalue weighted by Crippen LogP contribution is 2.29. The van der Waals surface area contributed by atoms with E-state index in [2.05, 4.69) is 4.90 Å². The smallest absolute Gasteiger partial charge is 0.416 e. The average Bonchev–Trinajstić information content (AvgIpc) is 2.47. The first-order valence-corrected chi connectivity index (χ1v) is 7.52. The van der Waals surface area contributed by atoms with Gasteiger partial charge in [0.05, 0.1) is 5.56 Å². The van der Waals surface area contributed by atoms with Gasteiger partial charge < -0.3 is 4.74 Å². The number of halogens is 3. The molecule has 0 aromatic heterocycles. The Morgan fingerprint density at radius 2 is 1.61 bits per heavy atom. The van der Waals surface area contributed by atoms with Crippen molar-refractivity contribution >= 4 is 13.3 Å². The summed E-state index contributed by atoms with van der Waals surface area (Å²) in [4.78, 5) is 2.15. The average molecular weight is 319 g/mol. The SMILES string of the molecule is Bc1ccc(OC2CN(Cc3ccc(C(F)(F)F)cc3)C2)cc1. The summed E-state index contributed by atoms with van der Waals surface area (Å²) in [6.45, 7) is 2.22. The van der Waals surface area contributed by atoms with Crippen molar-refractivity contribution in [2.24, 2.45) is 0 Å². The molecule has 1 saturated heterocycles. The van der Waals surface area contributed by atoms with Gasteiger partial charge in [-0.05, 0) is 29.8 Å². The van der Waals surface area contributed by atoms with Gasteiger partial charge in [-0.3, -0.25) is 4.90 Å². The van der Waals surface area contributed by atoms with Gasteiger partial charge in [-0.15, -0.1) is 0 Å². The van der Waals surface area contributed by atoms with Crippen molar-refractivity contribution in [2.45, 2.75) is 18.8 Å². The molecule has 0 aliphatic carbocycles. The molecule has 1 fully saturated rings. The molecule has 0 spiro atoms. The first-order valence-electron chi connectivity index (χ1n) is 7.52. The van der Waals surface area contributed by atoms with Crippen molar-refractivity contribution in [1.29, 1.82) is 0 Å². The number of likely N-dealkylation sites (tertiary alicyclic amines) is 1. The largest absolute Gasteiger partial charge is 0.488 e. The molecule has 23 heavy (non-hydrogen) atoms. The maximum atomic E-state index is 12.5. The van der Waals surface area contributed by atoms with Crippen LogP contribution in [0.1, 0.15) is 11.1 Å². The van der Waals surface area contributed by atoms with E-state index in [-0.39, 0.29) is 6.10 Å². The molecule has 120 valence electrons. The molecule has 2 nitrogen and oxygen atoms in total. The van der Waals surface area contributed by atoms with Crippen LogP contribution in [0.4, 0.5) is 13.2 Å². The molecular weight excluding hydrogens is 302 g/mol. The lowest BCUT2D eigenvalue weighted by molar-refractivity contribution is -0.137. The maximum Gasteiger partial charge on any atom is 0.416 e. The van der Waals surface area contributed by atoms with Crippen LogP contribution >= 0.6 is 0 Å². The first-order chi connectivity index (χ1) is 10.9. The van der Waals surface area contributed by atoms with Gasteiger partial charge in [0.1, 0.15) is 19.7 Å². The zero-order chi connectivity index (χ0) is 16.4. The minimum absolute atomic E-state index is 0.146. The number of rotatable bonds is 4. The Morgan fingerprint density at radius 3 is 2.17 bits per heavy atom. The summed E-state index contributed by atoms with van der Waals surface area (Å²) in [5.74, 6) is 0.856. The molecule has 1 aliphatic rings. The summed E-state index contributed by atoms with van der Waals surface area (Å²) < 4.78 is 43.4. The summed E-state index contributed by atoms with van der Waals surface area (Å²) in [6.07, 6.45) is -4.13. The zero-order valence-electron chi connectivity index (χ0n) is 12.8. The number of hydrogen-bond donors (Lipinski definition) is 0. The Morgan fingerprint density at radius 1 is 1.00 bits per heavy atom. The lowest BCUT2D eigenvalue weighted by Crippen LogP contribution is -2.53. The normalized spacial score (nSPS) is 16.1. The molecule has 3 rings (SSSR count). The maximum absolute atomic E-state index is 12.5. The highest BCUT2D eigenvalue weighted by atomic mass is 19.4. The predicted molar refractivity (Wildman–Crippen MR) is 85.8 cm³/mol. The predicted octanol–water partition coefficient (Wildman–Crippen LogP) is 2.23. The van der Waals surface area contributed by atoms with Gasteiger partial charge in [0.15, 0.2) is 0 Å². The summed E-state index contributed by atoms with van der Waals surface area (Å²) >= 11 is 0. The Kier molecular flexibility index (Phi) is 4.35. The van der Waals surface area contributed by atoms with Crippen molar-refractivity contribution in [3.8, 4) is 5.75 Å². The number of nitrogens with zero attached hydrogens (tertiary/aromatic N) is 1. The van der Waals surface area contributed by atoms with Crippen LogP contribution in [0.5, 0.6) is 5.75 Å².